The van der Waals surface area contributed by atoms with Crippen molar-refractivity contribution in [1.29, 1.82) is 0 Å². The molecule has 1 saturated heterocycles. The fraction of sp³-hybridized carbons (Fsp3) is 0.333. The Morgan fingerprint density at radius 1 is 0.947 bits per heavy atom. The molecule has 1 aromatic carbocycles. The topological polar surface area (TPSA) is 49.4 Å². The summed E-state index contributed by atoms with van der Waals surface area (Å²) in [5, 5.41) is 1.22. The predicted molar refractivity (Wildman–Crippen MR) is 69.6 cm³/mol. The monoisotopic (exact) mass is 254 g/mol. The molecule has 4 nitrogen and oxygen atoms in total. The van der Waals surface area contributed by atoms with Gasteiger partial charge in [-0.2, -0.15) is 5.01 Å². The molecule has 1 aromatic rings. The highest BCUT2D eigenvalue weighted by atomic mass is 16.2. The number of imide groups is 1. The lowest BCUT2D eigenvalue weighted by atomic mass is 9.85. The highest BCUT2D eigenvalue weighted by Crippen LogP contribution is 2.52. The van der Waals surface area contributed by atoms with E-state index in [1.54, 1.807) is 0 Å². The number of nitrogens with one attached hydrogen (secondary N) is 1. The van der Waals surface area contributed by atoms with Gasteiger partial charge in [-0.05, 0) is 30.4 Å². The molecule has 2 bridgehead atoms. The van der Waals surface area contributed by atoms with Gasteiger partial charge in [0, 0.05) is 0 Å². The molecule has 4 atom stereocenters. The molecule has 96 valence electrons. The van der Waals surface area contributed by atoms with Crippen LogP contribution in [-0.2, 0) is 9.59 Å². The molecule has 4 heteroatoms. The van der Waals surface area contributed by atoms with Crippen LogP contribution in [0.2, 0.25) is 0 Å². The molecule has 1 saturated carbocycles. The molecule has 4 rings (SSSR count). The van der Waals surface area contributed by atoms with Crippen LogP contribution < -0.4 is 5.43 Å². The van der Waals surface area contributed by atoms with Crippen molar-refractivity contribution in [2.24, 2.45) is 23.7 Å². The first-order valence-electron chi connectivity index (χ1n) is 6.63. The smallest absolute Gasteiger partial charge is 0.252 e. The Kier molecular flexibility index (Phi) is 2.10. The van der Waals surface area contributed by atoms with Crippen LogP contribution in [0, 0.1) is 23.7 Å². The third-order valence-electron chi connectivity index (χ3n) is 4.49. The molecule has 2 aliphatic carbocycles. The number of benzene rings is 1. The number of anilines is 1. The van der Waals surface area contributed by atoms with E-state index in [1.807, 2.05) is 30.3 Å². The molecule has 0 unspecified atom stereocenters. The van der Waals surface area contributed by atoms with Crippen LogP contribution in [0.25, 0.3) is 0 Å². The van der Waals surface area contributed by atoms with Crippen molar-refractivity contribution in [1.82, 2.24) is 5.01 Å². The number of fused-ring (bicyclic) bond motifs is 5. The minimum atomic E-state index is -0.140. The maximum atomic E-state index is 12.4. The Bertz CT molecular complexity index is 551. The molecule has 0 radical (unpaired) electrons. The Morgan fingerprint density at radius 3 is 2.11 bits per heavy atom. The second-order valence-corrected chi connectivity index (χ2v) is 5.49. The molecule has 0 aromatic heterocycles. The SMILES string of the molecule is O=C1[C@@H]2[C@@H](C(=O)N1Nc1ccccc1)[C@H]1C=C[C@H]2C1. The van der Waals surface area contributed by atoms with Gasteiger partial charge in [0.25, 0.3) is 11.8 Å². The quantitative estimate of drug-likeness (QED) is 0.647. The Labute approximate surface area is 111 Å². The van der Waals surface area contributed by atoms with E-state index >= 15 is 0 Å². The molecule has 0 spiro atoms. The van der Waals surface area contributed by atoms with E-state index < -0.39 is 0 Å². The zero-order chi connectivity index (χ0) is 13.0. The second kappa shape index (κ2) is 3.70. The van der Waals surface area contributed by atoms with Crippen molar-refractivity contribution >= 4 is 17.5 Å². The average Bonchev–Trinajstić information content (AvgIpc) is 3.10. The first-order valence-corrected chi connectivity index (χ1v) is 6.63. The van der Waals surface area contributed by atoms with Crippen molar-refractivity contribution in [3.05, 3.63) is 42.5 Å². The largest absolute Gasteiger partial charge is 0.289 e. The normalized spacial score (nSPS) is 35.1. The zero-order valence-corrected chi connectivity index (χ0v) is 10.3. The number of carbonyl (C=O) groups is 2. The summed E-state index contributed by atoms with van der Waals surface area (Å²) in [4.78, 5) is 24.8. The van der Waals surface area contributed by atoms with Gasteiger partial charge in [0.15, 0.2) is 0 Å². The van der Waals surface area contributed by atoms with Gasteiger partial charge in [0.1, 0.15) is 0 Å². The van der Waals surface area contributed by atoms with Crippen molar-refractivity contribution < 1.29 is 9.59 Å². The minimum Gasteiger partial charge on any atom is -0.289 e. The number of carbonyl (C=O) groups excluding carboxylic acids is 2. The van der Waals surface area contributed by atoms with E-state index in [0.717, 1.165) is 12.1 Å². The van der Waals surface area contributed by atoms with Crippen LogP contribution in [0.15, 0.2) is 42.5 Å². The van der Waals surface area contributed by atoms with E-state index in [-0.39, 0.29) is 35.5 Å². The lowest BCUT2D eigenvalue weighted by molar-refractivity contribution is -0.139. The number of hydrogen-bond acceptors (Lipinski definition) is 3. The van der Waals surface area contributed by atoms with E-state index in [0.29, 0.717) is 0 Å². The second-order valence-electron chi connectivity index (χ2n) is 5.49. The molecule has 2 amide bonds. The molecule has 1 N–H and O–H groups in total. The Hall–Kier alpha value is -2.10. The highest BCUT2D eigenvalue weighted by molar-refractivity contribution is 6.07. The van der Waals surface area contributed by atoms with E-state index in [4.69, 9.17) is 0 Å². The van der Waals surface area contributed by atoms with Gasteiger partial charge in [0.05, 0.1) is 17.5 Å². The summed E-state index contributed by atoms with van der Waals surface area (Å²) < 4.78 is 0. The summed E-state index contributed by atoms with van der Waals surface area (Å²) in [6, 6.07) is 9.35. The van der Waals surface area contributed by atoms with E-state index in [9.17, 15) is 9.59 Å². The third-order valence-corrected chi connectivity index (χ3v) is 4.49. The summed E-state index contributed by atoms with van der Waals surface area (Å²) in [7, 11) is 0. The van der Waals surface area contributed by atoms with Gasteiger partial charge in [0.2, 0.25) is 0 Å². The summed E-state index contributed by atoms with van der Waals surface area (Å²) in [5.41, 5.74) is 3.71. The molecule has 1 aliphatic heterocycles. The minimum absolute atomic E-state index is 0.0734. The van der Waals surface area contributed by atoms with Gasteiger partial charge in [-0.15, -0.1) is 0 Å². The summed E-state index contributed by atoms with van der Waals surface area (Å²) in [6.45, 7) is 0. The van der Waals surface area contributed by atoms with Crippen molar-refractivity contribution in [3.63, 3.8) is 0 Å². The van der Waals surface area contributed by atoms with Crippen LogP contribution in [-0.4, -0.2) is 16.8 Å². The predicted octanol–water partition coefficient (Wildman–Crippen LogP) is 1.82. The number of hydrogen-bond donors (Lipinski definition) is 1. The molecule has 1 heterocycles. The van der Waals surface area contributed by atoms with Crippen LogP contribution >= 0.6 is 0 Å². The van der Waals surface area contributed by atoms with Crippen molar-refractivity contribution in [3.8, 4) is 0 Å². The standard InChI is InChI=1S/C15H14N2O2/c18-14-12-9-6-7-10(8-9)13(12)15(19)17(14)16-11-4-2-1-3-5-11/h1-7,9-10,12-13,16H,8H2/t9-,10-,12-,13-/m0/s1. The number of nitrogens with zero attached hydrogens (tertiary/aromatic N) is 1. The van der Waals surface area contributed by atoms with Gasteiger partial charge in [-0.25, -0.2) is 0 Å². The maximum absolute atomic E-state index is 12.4. The summed E-state index contributed by atoms with van der Waals surface area (Å²) in [5.74, 6) is 0.0897. The van der Waals surface area contributed by atoms with Crippen LogP contribution in [0.5, 0.6) is 0 Å². The number of hydrazine groups is 1. The van der Waals surface area contributed by atoms with Crippen LogP contribution in [0.1, 0.15) is 6.42 Å². The Balaban J connectivity index is 1.62. The van der Waals surface area contributed by atoms with Gasteiger partial charge < -0.3 is 0 Å². The molecule has 2 fully saturated rings. The van der Waals surface area contributed by atoms with Gasteiger partial charge in [-0.3, -0.25) is 15.0 Å². The Morgan fingerprint density at radius 2 is 1.53 bits per heavy atom. The molecular formula is C15H14N2O2. The van der Waals surface area contributed by atoms with E-state index in [2.05, 4.69) is 17.6 Å². The third kappa shape index (κ3) is 1.40. The summed E-state index contributed by atoms with van der Waals surface area (Å²) in [6.07, 6.45) is 5.16. The lowest BCUT2D eigenvalue weighted by Crippen LogP contribution is -2.37. The average molecular weight is 254 g/mol. The van der Waals surface area contributed by atoms with Crippen molar-refractivity contribution in [2.75, 3.05) is 5.43 Å². The van der Waals surface area contributed by atoms with Gasteiger partial charge >= 0.3 is 0 Å². The number of rotatable bonds is 2. The fourth-order valence-electron chi connectivity index (χ4n) is 3.65. The lowest BCUT2D eigenvalue weighted by Gasteiger charge is -2.19. The molecular weight excluding hydrogens is 240 g/mol. The number of allylic oxidation sites excluding steroid dienone is 2. The first-order chi connectivity index (χ1) is 9.25. The first kappa shape index (κ1) is 10.8. The van der Waals surface area contributed by atoms with Crippen LogP contribution in [0.3, 0.4) is 0 Å². The number of amides is 2. The molecule has 3 aliphatic rings. The zero-order valence-electron chi connectivity index (χ0n) is 10.3. The maximum Gasteiger partial charge on any atom is 0.252 e. The van der Waals surface area contributed by atoms with Crippen molar-refractivity contribution in [2.45, 2.75) is 6.42 Å². The fourth-order valence-corrected chi connectivity index (χ4v) is 3.65. The number of para-hydroxylation sites is 1. The highest BCUT2D eigenvalue weighted by Gasteiger charge is 2.59. The van der Waals surface area contributed by atoms with E-state index in [1.165, 1.54) is 5.01 Å². The summed E-state index contributed by atoms with van der Waals surface area (Å²) >= 11 is 0. The van der Waals surface area contributed by atoms with Gasteiger partial charge in [-0.1, -0.05) is 30.4 Å². The van der Waals surface area contributed by atoms with Crippen LogP contribution in [0.4, 0.5) is 5.69 Å². The molecule has 19 heavy (non-hydrogen) atoms.